The first-order valence-electron chi connectivity index (χ1n) is 12.0. The number of hydrogen-bond acceptors (Lipinski definition) is 6. The second-order valence-corrected chi connectivity index (χ2v) is 10.7. The largest absolute Gasteiger partial charge is 0.478 e. The normalized spacial score (nSPS) is 13.0. The van der Waals surface area contributed by atoms with Crippen LogP contribution in [0.25, 0.3) is 0 Å². The third-order valence-electron chi connectivity index (χ3n) is 5.62. The molecule has 1 aromatic carbocycles. The molecular weight excluding hydrogens is 432 g/mol. The number of carbonyl (C=O) groups is 2. The van der Waals surface area contributed by atoms with Gasteiger partial charge in [0, 0.05) is 0 Å². The van der Waals surface area contributed by atoms with Gasteiger partial charge in [-0.2, -0.15) is 0 Å². The number of carboxylic acids is 2. The molecule has 0 saturated heterocycles. The zero-order chi connectivity index (χ0) is 26.9. The first kappa shape index (κ1) is 34.2. The smallest absolute Gasteiger partial charge is 0.335 e. The van der Waals surface area contributed by atoms with Gasteiger partial charge in [-0.25, -0.2) is 9.59 Å². The van der Waals surface area contributed by atoms with E-state index in [4.69, 9.17) is 33.1 Å². The summed E-state index contributed by atoms with van der Waals surface area (Å²) in [5.41, 5.74) is 22.9. The van der Waals surface area contributed by atoms with Crippen molar-refractivity contribution < 1.29 is 19.8 Å². The standard InChI is InChI=1S/2C9H22N2.C8H6O4/c1-8(7-11)6-9(2,3)4-5-10;1-8(4-5-10)6-9(2,3)7-11;9-7(10)5-1-2-6(4-3-5)8(11)12/h2*8H,4-7,10-11H2,1-3H3;1-4H,(H,9,10)(H,11,12). The maximum absolute atomic E-state index is 10.3. The van der Waals surface area contributed by atoms with Crippen LogP contribution in [-0.4, -0.2) is 48.3 Å². The number of rotatable bonds is 12. The number of aromatic carboxylic acids is 2. The zero-order valence-electron chi connectivity index (χ0n) is 22.1. The van der Waals surface area contributed by atoms with Gasteiger partial charge in [0.25, 0.3) is 0 Å². The van der Waals surface area contributed by atoms with Gasteiger partial charge in [0.05, 0.1) is 11.1 Å². The van der Waals surface area contributed by atoms with E-state index in [9.17, 15) is 9.59 Å². The van der Waals surface area contributed by atoms with Crippen molar-refractivity contribution >= 4 is 11.9 Å². The van der Waals surface area contributed by atoms with Crippen LogP contribution in [0.3, 0.4) is 0 Å². The maximum Gasteiger partial charge on any atom is 0.335 e. The van der Waals surface area contributed by atoms with Crippen molar-refractivity contribution in [3.63, 3.8) is 0 Å². The molecule has 0 heterocycles. The summed E-state index contributed by atoms with van der Waals surface area (Å²) in [5.74, 6) is -0.797. The summed E-state index contributed by atoms with van der Waals surface area (Å²) in [6, 6.07) is 5.02. The summed E-state index contributed by atoms with van der Waals surface area (Å²) in [7, 11) is 0. The molecule has 8 heteroatoms. The summed E-state index contributed by atoms with van der Waals surface area (Å²) in [6.07, 6.45) is 4.57. The molecule has 0 aliphatic rings. The van der Waals surface area contributed by atoms with Crippen LogP contribution in [0.5, 0.6) is 0 Å². The van der Waals surface area contributed by atoms with Crippen molar-refractivity contribution in [2.45, 2.75) is 67.2 Å². The maximum atomic E-state index is 10.3. The fourth-order valence-corrected chi connectivity index (χ4v) is 3.69. The Hall–Kier alpha value is -2.00. The molecule has 0 saturated carbocycles. The van der Waals surface area contributed by atoms with Gasteiger partial charge >= 0.3 is 11.9 Å². The monoisotopic (exact) mass is 482 g/mol. The zero-order valence-corrected chi connectivity index (χ0v) is 22.1. The topological polar surface area (TPSA) is 179 Å². The highest BCUT2D eigenvalue weighted by Gasteiger charge is 2.19. The molecule has 10 N–H and O–H groups in total. The molecule has 0 amide bonds. The van der Waals surface area contributed by atoms with Gasteiger partial charge in [0.15, 0.2) is 0 Å². The first-order valence-corrected chi connectivity index (χ1v) is 12.0. The molecule has 1 rings (SSSR count). The Kier molecular flexibility index (Phi) is 17.5. The highest BCUT2D eigenvalue weighted by molar-refractivity contribution is 5.91. The van der Waals surface area contributed by atoms with Gasteiger partial charge in [0.2, 0.25) is 0 Å². The van der Waals surface area contributed by atoms with Crippen LogP contribution in [0.4, 0.5) is 0 Å². The summed E-state index contributed by atoms with van der Waals surface area (Å²) in [4.78, 5) is 20.7. The van der Waals surface area contributed by atoms with E-state index >= 15 is 0 Å². The van der Waals surface area contributed by atoms with Crippen LogP contribution >= 0.6 is 0 Å². The molecule has 0 spiro atoms. The third-order valence-corrected chi connectivity index (χ3v) is 5.62. The van der Waals surface area contributed by atoms with E-state index < -0.39 is 11.9 Å². The number of nitrogens with two attached hydrogens (primary N) is 4. The van der Waals surface area contributed by atoms with E-state index in [2.05, 4.69) is 41.5 Å². The molecule has 198 valence electrons. The minimum atomic E-state index is -1.06. The first-order chi connectivity index (χ1) is 15.6. The summed E-state index contributed by atoms with van der Waals surface area (Å²) in [5, 5.41) is 16.9. The Bertz CT molecular complexity index is 658. The Labute approximate surface area is 206 Å². The molecule has 0 radical (unpaired) electrons. The van der Waals surface area contributed by atoms with E-state index in [-0.39, 0.29) is 16.5 Å². The molecule has 0 aliphatic heterocycles. The molecule has 0 bridgehead atoms. The summed E-state index contributed by atoms with van der Waals surface area (Å²) >= 11 is 0. The quantitative estimate of drug-likeness (QED) is 0.260. The molecule has 2 unspecified atom stereocenters. The minimum Gasteiger partial charge on any atom is -0.478 e. The number of carboxylic acid groups (broad SMARTS) is 2. The predicted molar refractivity (Wildman–Crippen MR) is 141 cm³/mol. The minimum absolute atomic E-state index is 0.0833. The SMILES string of the molecule is CC(CCN)CC(C)(C)CN.CC(CN)CC(C)(C)CCN.O=C(O)c1ccc(C(=O)O)cc1. The summed E-state index contributed by atoms with van der Waals surface area (Å²) < 4.78 is 0. The average Bonchev–Trinajstić information content (AvgIpc) is 2.74. The Balaban J connectivity index is 0. The van der Waals surface area contributed by atoms with Crippen molar-refractivity contribution in [1.29, 1.82) is 0 Å². The average molecular weight is 483 g/mol. The second kappa shape index (κ2) is 17.4. The third kappa shape index (κ3) is 17.5. The molecule has 0 aromatic heterocycles. The van der Waals surface area contributed by atoms with E-state index in [0.717, 1.165) is 39.0 Å². The molecule has 1 aromatic rings. The molecule has 0 fully saturated rings. The fraction of sp³-hybridized carbons (Fsp3) is 0.692. The number of benzene rings is 1. The highest BCUT2D eigenvalue weighted by atomic mass is 16.4. The fourth-order valence-electron chi connectivity index (χ4n) is 3.69. The van der Waals surface area contributed by atoms with Crippen molar-refractivity contribution in [3.05, 3.63) is 35.4 Å². The van der Waals surface area contributed by atoms with Gasteiger partial charge in [-0.15, -0.1) is 0 Å². The van der Waals surface area contributed by atoms with Crippen LogP contribution < -0.4 is 22.9 Å². The van der Waals surface area contributed by atoms with Crippen LogP contribution in [0.15, 0.2) is 24.3 Å². The molecule has 8 nitrogen and oxygen atoms in total. The molecule has 0 aliphatic carbocycles. The van der Waals surface area contributed by atoms with Gasteiger partial charge in [-0.05, 0) is 98.8 Å². The van der Waals surface area contributed by atoms with E-state index in [0.29, 0.717) is 17.3 Å². The molecule has 2 atom stereocenters. The van der Waals surface area contributed by atoms with Crippen LogP contribution in [0.2, 0.25) is 0 Å². The van der Waals surface area contributed by atoms with E-state index in [1.807, 2.05) is 0 Å². The highest BCUT2D eigenvalue weighted by Crippen LogP contribution is 2.28. The van der Waals surface area contributed by atoms with Crippen molar-refractivity contribution in [1.82, 2.24) is 0 Å². The van der Waals surface area contributed by atoms with E-state index in [1.54, 1.807) is 0 Å². The summed E-state index contributed by atoms with van der Waals surface area (Å²) in [6.45, 7) is 16.5. The van der Waals surface area contributed by atoms with E-state index in [1.165, 1.54) is 37.1 Å². The predicted octanol–water partition coefficient (Wildman–Crippen LogP) is 3.78. The molecular formula is C26H50N4O4. The Morgan fingerprint density at radius 1 is 0.765 bits per heavy atom. The van der Waals surface area contributed by atoms with Gasteiger partial charge in [-0.3, -0.25) is 0 Å². The van der Waals surface area contributed by atoms with Crippen molar-refractivity contribution in [3.8, 4) is 0 Å². The lowest BCUT2D eigenvalue weighted by molar-refractivity contribution is 0.0681. The van der Waals surface area contributed by atoms with Gasteiger partial charge in [-0.1, -0.05) is 41.5 Å². The van der Waals surface area contributed by atoms with Gasteiger partial charge in [0.1, 0.15) is 0 Å². The lowest BCUT2D eigenvalue weighted by Gasteiger charge is -2.26. The van der Waals surface area contributed by atoms with Crippen LogP contribution in [0.1, 0.15) is 87.9 Å². The van der Waals surface area contributed by atoms with Crippen LogP contribution in [-0.2, 0) is 0 Å². The van der Waals surface area contributed by atoms with Crippen molar-refractivity contribution in [2.24, 2.45) is 45.6 Å². The van der Waals surface area contributed by atoms with Gasteiger partial charge < -0.3 is 33.1 Å². The Morgan fingerprint density at radius 3 is 1.47 bits per heavy atom. The number of hydrogen-bond donors (Lipinski definition) is 6. The second-order valence-electron chi connectivity index (χ2n) is 10.7. The van der Waals surface area contributed by atoms with Crippen LogP contribution in [0, 0.1) is 22.7 Å². The molecule has 34 heavy (non-hydrogen) atoms. The lowest BCUT2D eigenvalue weighted by atomic mass is 9.81. The Morgan fingerprint density at radius 2 is 1.18 bits per heavy atom. The lowest BCUT2D eigenvalue weighted by Crippen LogP contribution is -2.26. The van der Waals surface area contributed by atoms with Crippen molar-refractivity contribution in [2.75, 3.05) is 26.2 Å².